The molecule has 1 saturated carbocycles. The van der Waals surface area contributed by atoms with Crippen LogP contribution in [0.25, 0.3) is 0 Å². The van der Waals surface area contributed by atoms with Crippen molar-refractivity contribution in [3.8, 4) is 11.8 Å². The average Bonchev–Trinajstić information content (AvgIpc) is 2.19. The summed E-state index contributed by atoms with van der Waals surface area (Å²) in [6.07, 6.45) is 2.42. The molecule has 5 nitrogen and oxygen atoms in total. The standard InChI is InChI=1S/C11H10N2O3/c12-7-11(4-1-5-11)8-2-3-10(14)9(6-8)13(15)16/h2-3,6,14H,1,4-5H2. The molecule has 5 heteroatoms. The van der Waals surface area contributed by atoms with Gasteiger partial charge in [0.2, 0.25) is 0 Å². The number of nitriles is 1. The molecule has 1 N–H and O–H groups in total. The Hall–Kier alpha value is -2.09. The number of nitro benzene ring substituents is 1. The predicted octanol–water partition coefficient (Wildman–Crippen LogP) is 2.25. The fourth-order valence-corrected chi connectivity index (χ4v) is 1.96. The van der Waals surface area contributed by atoms with E-state index in [0.29, 0.717) is 5.56 Å². The summed E-state index contributed by atoms with van der Waals surface area (Å²) in [6.45, 7) is 0. The van der Waals surface area contributed by atoms with E-state index in [1.807, 2.05) is 0 Å². The van der Waals surface area contributed by atoms with Crippen LogP contribution >= 0.6 is 0 Å². The second kappa shape index (κ2) is 3.49. The molecule has 0 unspecified atom stereocenters. The SMILES string of the molecule is N#CC1(c2ccc(O)c([N+](=O)[O-])c2)CCC1. The summed E-state index contributed by atoms with van der Waals surface area (Å²) in [5.74, 6) is -0.360. The van der Waals surface area contributed by atoms with Crippen molar-refractivity contribution in [2.24, 2.45) is 0 Å². The van der Waals surface area contributed by atoms with Gasteiger partial charge in [-0.3, -0.25) is 10.1 Å². The molecule has 1 aromatic carbocycles. The topological polar surface area (TPSA) is 87.2 Å². The van der Waals surface area contributed by atoms with E-state index in [-0.39, 0.29) is 11.4 Å². The second-order valence-corrected chi connectivity index (χ2v) is 4.01. The second-order valence-electron chi connectivity index (χ2n) is 4.01. The van der Waals surface area contributed by atoms with E-state index < -0.39 is 10.3 Å². The maximum Gasteiger partial charge on any atom is 0.311 e. The lowest BCUT2D eigenvalue weighted by Crippen LogP contribution is -2.32. The molecule has 2 rings (SSSR count). The van der Waals surface area contributed by atoms with Crippen molar-refractivity contribution in [2.45, 2.75) is 24.7 Å². The number of phenolic OH excluding ortho intramolecular Hbond substituents is 1. The first kappa shape index (κ1) is 10.4. The zero-order valence-electron chi connectivity index (χ0n) is 8.51. The smallest absolute Gasteiger partial charge is 0.311 e. The molecule has 0 atom stereocenters. The van der Waals surface area contributed by atoms with Gasteiger partial charge in [0.05, 0.1) is 16.4 Å². The number of phenols is 1. The Bertz CT molecular complexity index is 486. The molecule has 1 aliphatic rings. The first-order valence-corrected chi connectivity index (χ1v) is 4.98. The van der Waals surface area contributed by atoms with Gasteiger partial charge in [-0.25, -0.2) is 0 Å². The van der Waals surface area contributed by atoms with E-state index in [1.165, 1.54) is 12.1 Å². The summed E-state index contributed by atoms with van der Waals surface area (Å²) in [6, 6.07) is 6.39. The third-order valence-electron chi connectivity index (χ3n) is 3.15. The average molecular weight is 218 g/mol. The van der Waals surface area contributed by atoms with E-state index in [1.54, 1.807) is 6.07 Å². The highest BCUT2D eigenvalue weighted by Crippen LogP contribution is 2.44. The zero-order valence-corrected chi connectivity index (χ0v) is 8.51. The number of nitro groups is 1. The normalized spacial score (nSPS) is 17.2. The Kier molecular flexibility index (Phi) is 2.27. The van der Waals surface area contributed by atoms with Crippen molar-refractivity contribution in [1.29, 1.82) is 5.26 Å². The molecule has 1 aliphatic carbocycles. The van der Waals surface area contributed by atoms with Crippen molar-refractivity contribution in [1.82, 2.24) is 0 Å². The number of rotatable bonds is 2. The van der Waals surface area contributed by atoms with Crippen molar-refractivity contribution >= 4 is 5.69 Å². The Balaban J connectivity index is 2.48. The molecular weight excluding hydrogens is 208 g/mol. The summed E-state index contributed by atoms with van der Waals surface area (Å²) in [4.78, 5) is 10.0. The lowest BCUT2D eigenvalue weighted by Gasteiger charge is -2.35. The summed E-state index contributed by atoms with van der Waals surface area (Å²) < 4.78 is 0. The van der Waals surface area contributed by atoms with Crippen LogP contribution in [0.2, 0.25) is 0 Å². The maximum absolute atomic E-state index is 10.7. The van der Waals surface area contributed by atoms with E-state index in [9.17, 15) is 15.2 Å². The molecule has 0 spiro atoms. The molecular formula is C11H10N2O3. The Morgan fingerprint density at radius 1 is 1.50 bits per heavy atom. The monoisotopic (exact) mass is 218 g/mol. The van der Waals surface area contributed by atoms with Gasteiger partial charge in [0.25, 0.3) is 0 Å². The van der Waals surface area contributed by atoms with Crippen LogP contribution in [-0.4, -0.2) is 10.0 Å². The summed E-state index contributed by atoms with van der Waals surface area (Å²) in [5.41, 5.74) is -0.289. The van der Waals surface area contributed by atoms with Crippen LogP contribution in [0, 0.1) is 21.4 Å². The van der Waals surface area contributed by atoms with Crippen LogP contribution in [-0.2, 0) is 5.41 Å². The van der Waals surface area contributed by atoms with Crippen LogP contribution in [0.1, 0.15) is 24.8 Å². The largest absolute Gasteiger partial charge is 0.502 e. The minimum Gasteiger partial charge on any atom is -0.502 e. The third kappa shape index (κ3) is 1.39. The van der Waals surface area contributed by atoms with Gasteiger partial charge in [-0.1, -0.05) is 6.07 Å². The molecule has 1 fully saturated rings. The van der Waals surface area contributed by atoms with E-state index in [0.717, 1.165) is 19.3 Å². The Morgan fingerprint density at radius 3 is 2.62 bits per heavy atom. The predicted molar refractivity (Wildman–Crippen MR) is 55.9 cm³/mol. The van der Waals surface area contributed by atoms with Crippen LogP contribution in [0.4, 0.5) is 5.69 Å². The summed E-state index contributed by atoms with van der Waals surface area (Å²) in [7, 11) is 0. The summed E-state index contributed by atoms with van der Waals surface area (Å²) in [5, 5.41) is 29.1. The fraction of sp³-hybridized carbons (Fsp3) is 0.364. The van der Waals surface area contributed by atoms with E-state index in [4.69, 9.17) is 5.26 Å². The van der Waals surface area contributed by atoms with Gasteiger partial charge in [0, 0.05) is 6.07 Å². The lowest BCUT2D eigenvalue weighted by molar-refractivity contribution is -0.386. The number of hydrogen-bond acceptors (Lipinski definition) is 4. The van der Waals surface area contributed by atoms with Crippen molar-refractivity contribution in [3.05, 3.63) is 33.9 Å². The number of benzene rings is 1. The maximum atomic E-state index is 10.7. The van der Waals surface area contributed by atoms with Crippen molar-refractivity contribution in [3.63, 3.8) is 0 Å². The van der Waals surface area contributed by atoms with Gasteiger partial charge in [0.1, 0.15) is 0 Å². The van der Waals surface area contributed by atoms with Gasteiger partial charge >= 0.3 is 5.69 Å². The Morgan fingerprint density at radius 2 is 2.19 bits per heavy atom. The summed E-state index contributed by atoms with van der Waals surface area (Å²) >= 11 is 0. The van der Waals surface area contributed by atoms with Crippen LogP contribution < -0.4 is 0 Å². The molecule has 0 aliphatic heterocycles. The Labute approximate surface area is 92.1 Å². The highest BCUT2D eigenvalue weighted by molar-refractivity contribution is 5.51. The molecule has 82 valence electrons. The quantitative estimate of drug-likeness (QED) is 0.609. The third-order valence-corrected chi connectivity index (χ3v) is 3.15. The minimum atomic E-state index is -0.636. The first-order chi connectivity index (χ1) is 7.59. The van der Waals surface area contributed by atoms with Gasteiger partial charge in [-0.05, 0) is 30.9 Å². The molecule has 16 heavy (non-hydrogen) atoms. The highest BCUT2D eigenvalue weighted by Gasteiger charge is 2.40. The number of hydrogen-bond donors (Lipinski definition) is 1. The number of aromatic hydroxyl groups is 1. The van der Waals surface area contributed by atoms with Gasteiger partial charge in [-0.2, -0.15) is 5.26 Å². The highest BCUT2D eigenvalue weighted by atomic mass is 16.6. The number of nitrogens with zero attached hydrogens (tertiary/aromatic N) is 2. The van der Waals surface area contributed by atoms with E-state index >= 15 is 0 Å². The minimum absolute atomic E-state index is 0.334. The van der Waals surface area contributed by atoms with Crippen LogP contribution in [0.15, 0.2) is 18.2 Å². The molecule has 0 bridgehead atoms. The molecule has 0 radical (unpaired) electrons. The zero-order chi connectivity index (χ0) is 11.8. The first-order valence-electron chi connectivity index (χ1n) is 4.98. The molecule has 0 amide bonds. The van der Waals surface area contributed by atoms with Gasteiger partial charge < -0.3 is 5.11 Å². The van der Waals surface area contributed by atoms with E-state index in [2.05, 4.69) is 6.07 Å². The molecule has 1 aromatic rings. The lowest BCUT2D eigenvalue weighted by atomic mass is 9.65. The molecule has 0 heterocycles. The van der Waals surface area contributed by atoms with Gasteiger partial charge in [-0.15, -0.1) is 0 Å². The molecule has 0 saturated heterocycles. The fourth-order valence-electron chi connectivity index (χ4n) is 1.96. The van der Waals surface area contributed by atoms with Crippen molar-refractivity contribution in [2.75, 3.05) is 0 Å². The molecule has 0 aromatic heterocycles. The van der Waals surface area contributed by atoms with Crippen molar-refractivity contribution < 1.29 is 10.0 Å². The van der Waals surface area contributed by atoms with Crippen LogP contribution in [0.3, 0.4) is 0 Å². The van der Waals surface area contributed by atoms with Crippen LogP contribution in [0.5, 0.6) is 5.75 Å². The van der Waals surface area contributed by atoms with Gasteiger partial charge in [0.15, 0.2) is 5.75 Å².